The summed E-state index contributed by atoms with van der Waals surface area (Å²) in [5.41, 5.74) is 0.975. The highest BCUT2D eigenvalue weighted by atomic mass is 35.5. The van der Waals surface area contributed by atoms with Crippen LogP contribution >= 0.6 is 11.6 Å². The molecule has 1 aromatic rings. The van der Waals surface area contributed by atoms with E-state index in [4.69, 9.17) is 11.6 Å². The molecule has 104 valence electrons. The molecule has 19 heavy (non-hydrogen) atoms. The molecule has 0 bridgehead atoms. The van der Waals surface area contributed by atoms with Crippen LogP contribution in [0.1, 0.15) is 55.8 Å². The van der Waals surface area contributed by atoms with Crippen LogP contribution in [0.25, 0.3) is 0 Å². The SMILES string of the molecule is CCC1(Nc2ccc(Cl)cc2C(=O)O)CCCCC1. The number of hydrogen-bond donors (Lipinski definition) is 2. The largest absolute Gasteiger partial charge is 0.478 e. The molecule has 1 saturated carbocycles. The number of hydrogen-bond acceptors (Lipinski definition) is 2. The number of aromatic carboxylic acids is 1. The minimum atomic E-state index is -0.938. The van der Waals surface area contributed by atoms with Gasteiger partial charge in [0.15, 0.2) is 0 Å². The maximum atomic E-state index is 11.3. The molecule has 0 amide bonds. The lowest BCUT2D eigenvalue weighted by Crippen LogP contribution is -2.40. The van der Waals surface area contributed by atoms with Gasteiger partial charge in [0, 0.05) is 16.2 Å². The molecule has 0 radical (unpaired) electrons. The highest BCUT2D eigenvalue weighted by molar-refractivity contribution is 6.31. The molecule has 2 N–H and O–H groups in total. The van der Waals surface area contributed by atoms with E-state index >= 15 is 0 Å². The van der Waals surface area contributed by atoms with Crippen molar-refractivity contribution in [3.8, 4) is 0 Å². The molecule has 1 fully saturated rings. The number of carboxylic acids is 1. The number of carboxylic acid groups (broad SMARTS) is 1. The maximum absolute atomic E-state index is 11.3. The normalized spacial score (nSPS) is 18.0. The Kier molecular flexibility index (Phi) is 4.35. The molecule has 4 heteroatoms. The molecule has 0 aliphatic heterocycles. The second kappa shape index (κ2) is 5.83. The van der Waals surface area contributed by atoms with Crippen molar-refractivity contribution in [1.29, 1.82) is 0 Å². The maximum Gasteiger partial charge on any atom is 0.337 e. The van der Waals surface area contributed by atoms with Gasteiger partial charge in [-0.2, -0.15) is 0 Å². The Labute approximate surface area is 119 Å². The predicted molar refractivity (Wildman–Crippen MR) is 78.1 cm³/mol. The Morgan fingerprint density at radius 1 is 1.37 bits per heavy atom. The summed E-state index contributed by atoms with van der Waals surface area (Å²) >= 11 is 5.88. The first kappa shape index (κ1) is 14.2. The third-order valence-electron chi connectivity index (χ3n) is 4.10. The number of anilines is 1. The van der Waals surface area contributed by atoms with Gasteiger partial charge in [0.2, 0.25) is 0 Å². The van der Waals surface area contributed by atoms with Crippen LogP contribution in [0.15, 0.2) is 18.2 Å². The highest BCUT2D eigenvalue weighted by Gasteiger charge is 2.31. The Morgan fingerprint density at radius 2 is 2.05 bits per heavy atom. The number of carbonyl (C=O) groups is 1. The zero-order valence-corrected chi connectivity index (χ0v) is 12.0. The van der Waals surface area contributed by atoms with Crippen molar-refractivity contribution >= 4 is 23.3 Å². The van der Waals surface area contributed by atoms with Crippen LogP contribution in [0.4, 0.5) is 5.69 Å². The molecule has 0 atom stereocenters. The summed E-state index contributed by atoms with van der Waals surface area (Å²) < 4.78 is 0. The van der Waals surface area contributed by atoms with Crippen LogP contribution in [0.3, 0.4) is 0 Å². The Morgan fingerprint density at radius 3 is 2.63 bits per heavy atom. The van der Waals surface area contributed by atoms with E-state index in [1.807, 2.05) is 0 Å². The van der Waals surface area contributed by atoms with Gasteiger partial charge in [-0.1, -0.05) is 37.8 Å². The van der Waals surface area contributed by atoms with Gasteiger partial charge >= 0.3 is 5.97 Å². The van der Waals surface area contributed by atoms with E-state index in [-0.39, 0.29) is 11.1 Å². The van der Waals surface area contributed by atoms with E-state index < -0.39 is 5.97 Å². The smallest absolute Gasteiger partial charge is 0.337 e. The van der Waals surface area contributed by atoms with Crippen molar-refractivity contribution in [3.05, 3.63) is 28.8 Å². The van der Waals surface area contributed by atoms with Crippen molar-refractivity contribution in [2.75, 3.05) is 5.32 Å². The van der Waals surface area contributed by atoms with Crippen LogP contribution in [0.5, 0.6) is 0 Å². The summed E-state index contributed by atoms with van der Waals surface area (Å²) in [6.45, 7) is 2.16. The lowest BCUT2D eigenvalue weighted by Gasteiger charge is -2.38. The molecular formula is C15H20ClNO2. The summed E-state index contributed by atoms with van der Waals surface area (Å²) in [5, 5.41) is 13.2. The van der Waals surface area contributed by atoms with Gasteiger partial charge in [-0.15, -0.1) is 0 Å². The Hall–Kier alpha value is -1.22. The average Bonchev–Trinajstić information content (AvgIpc) is 2.42. The third kappa shape index (κ3) is 3.21. The first-order valence-corrected chi connectivity index (χ1v) is 7.25. The van der Waals surface area contributed by atoms with Gasteiger partial charge in [-0.05, 0) is 37.5 Å². The number of halogens is 1. The first-order valence-electron chi connectivity index (χ1n) is 6.87. The molecule has 2 rings (SSSR count). The van der Waals surface area contributed by atoms with Crippen LogP contribution in [0, 0.1) is 0 Å². The van der Waals surface area contributed by atoms with E-state index in [0.29, 0.717) is 10.7 Å². The predicted octanol–water partition coefficient (Wildman–Crippen LogP) is 4.56. The fraction of sp³-hybridized carbons (Fsp3) is 0.533. The monoisotopic (exact) mass is 281 g/mol. The molecule has 1 aliphatic rings. The number of benzene rings is 1. The van der Waals surface area contributed by atoms with Crippen molar-refractivity contribution in [2.24, 2.45) is 0 Å². The van der Waals surface area contributed by atoms with E-state index in [2.05, 4.69) is 12.2 Å². The second-order valence-corrected chi connectivity index (χ2v) is 5.75. The summed E-state index contributed by atoms with van der Waals surface area (Å²) in [6, 6.07) is 5.03. The van der Waals surface area contributed by atoms with Crippen LogP contribution in [-0.4, -0.2) is 16.6 Å². The van der Waals surface area contributed by atoms with Crippen LogP contribution in [-0.2, 0) is 0 Å². The number of rotatable bonds is 4. The fourth-order valence-corrected chi connectivity index (χ4v) is 3.06. The van der Waals surface area contributed by atoms with Gasteiger partial charge in [0.1, 0.15) is 0 Å². The van der Waals surface area contributed by atoms with Gasteiger partial charge in [0.25, 0.3) is 0 Å². The van der Waals surface area contributed by atoms with Crippen LogP contribution in [0.2, 0.25) is 5.02 Å². The topological polar surface area (TPSA) is 49.3 Å². The molecule has 0 aromatic heterocycles. The van der Waals surface area contributed by atoms with Gasteiger partial charge < -0.3 is 10.4 Å². The molecule has 0 heterocycles. The summed E-state index contributed by atoms with van der Waals surface area (Å²) in [5.74, 6) is -0.938. The van der Waals surface area contributed by atoms with E-state index in [9.17, 15) is 9.90 Å². The zero-order chi connectivity index (χ0) is 13.9. The standard InChI is InChI=1S/C15H20ClNO2/c1-2-15(8-4-3-5-9-15)17-13-7-6-11(16)10-12(13)14(18)19/h6-7,10,17H,2-5,8-9H2,1H3,(H,18,19). The molecule has 1 aromatic carbocycles. The average molecular weight is 282 g/mol. The molecule has 0 saturated heterocycles. The minimum Gasteiger partial charge on any atom is -0.478 e. The van der Waals surface area contributed by atoms with Crippen molar-refractivity contribution < 1.29 is 9.90 Å². The molecule has 0 unspecified atom stereocenters. The quantitative estimate of drug-likeness (QED) is 0.850. The highest BCUT2D eigenvalue weighted by Crippen LogP contribution is 2.35. The second-order valence-electron chi connectivity index (χ2n) is 5.31. The summed E-state index contributed by atoms with van der Waals surface area (Å²) in [4.78, 5) is 11.3. The van der Waals surface area contributed by atoms with E-state index in [1.54, 1.807) is 12.1 Å². The van der Waals surface area contributed by atoms with Gasteiger partial charge in [0.05, 0.1) is 5.56 Å². The Bertz CT molecular complexity index is 467. The molecule has 3 nitrogen and oxygen atoms in total. The Balaban J connectivity index is 2.28. The van der Waals surface area contributed by atoms with E-state index in [1.165, 1.54) is 25.3 Å². The van der Waals surface area contributed by atoms with Gasteiger partial charge in [-0.25, -0.2) is 4.79 Å². The lowest BCUT2D eigenvalue weighted by atomic mass is 9.79. The first-order chi connectivity index (χ1) is 9.06. The van der Waals surface area contributed by atoms with Crippen molar-refractivity contribution in [2.45, 2.75) is 51.0 Å². The van der Waals surface area contributed by atoms with Crippen molar-refractivity contribution in [3.63, 3.8) is 0 Å². The third-order valence-corrected chi connectivity index (χ3v) is 4.33. The zero-order valence-electron chi connectivity index (χ0n) is 11.2. The molecular weight excluding hydrogens is 262 g/mol. The molecule has 0 spiro atoms. The molecule has 1 aliphatic carbocycles. The lowest BCUT2D eigenvalue weighted by molar-refractivity contribution is 0.0697. The van der Waals surface area contributed by atoms with Crippen LogP contribution < -0.4 is 5.32 Å². The summed E-state index contributed by atoms with van der Waals surface area (Å²) in [6.07, 6.45) is 6.90. The van der Waals surface area contributed by atoms with Gasteiger partial charge in [-0.3, -0.25) is 0 Å². The van der Waals surface area contributed by atoms with Crippen molar-refractivity contribution in [1.82, 2.24) is 0 Å². The fourth-order valence-electron chi connectivity index (χ4n) is 2.88. The number of nitrogens with one attached hydrogen (secondary N) is 1. The van der Waals surface area contributed by atoms with E-state index in [0.717, 1.165) is 19.3 Å². The minimum absolute atomic E-state index is 0.0380. The summed E-state index contributed by atoms with van der Waals surface area (Å²) in [7, 11) is 0.